The Labute approximate surface area is 140 Å². The van der Waals surface area contributed by atoms with E-state index in [2.05, 4.69) is 43.6 Å². The number of ether oxygens (including phenoxy) is 1. The molecule has 0 radical (unpaired) electrons. The van der Waals surface area contributed by atoms with Crippen LogP contribution in [0.15, 0.2) is 22.7 Å². The van der Waals surface area contributed by atoms with Gasteiger partial charge in [0.15, 0.2) is 0 Å². The SMILES string of the molecule is CCC1(C)OB(c2ccc(CC(=O)OC)c(Br)c2)OC1(C)C. The Kier molecular flexibility index (Phi) is 5.04. The average Bonchev–Trinajstić information content (AvgIpc) is 2.71. The van der Waals surface area contributed by atoms with E-state index in [1.54, 1.807) is 0 Å². The Morgan fingerprint density at radius 2 is 2.00 bits per heavy atom. The van der Waals surface area contributed by atoms with Gasteiger partial charge in [-0.15, -0.1) is 0 Å². The van der Waals surface area contributed by atoms with Crippen LogP contribution in [0.2, 0.25) is 0 Å². The van der Waals surface area contributed by atoms with Crippen molar-refractivity contribution in [1.29, 1.82) is 0 Å². The number of hydrogen-bond acceptors (Lipinski definition) is 4. The molecule has 1 aliphatic rings. The standard InChI is InChI=1S/C16H22BBrO4/c1-6-16(4)15(2,3)21-17(22-16)12-8-7-11(13(18)10-12)9-14(19)20-5/h7-8,10H,6,9H2,1-5H3. The molecule has 1 unspecified atom stereocenters. The van der Waals surface area contributed by atoms with E-state index in [-0.39, 0.29) is 23.6 Å². The van der Waals surface area contributed by atoms with Gasteiger partial charge in [-0.05, 0) is 44.3 Å². The van der Waals surface area contributed by atoms with Crippen LogP contribution in [0.5, 0.6) is 0 Å². The summed E-state index contributed by atoms with van der Waals surface area (Å²) in [6.07, 6.45) is 1.11. The van der Waals surface area contributed by atoms with Gasteiger partial charge < -0.3 is 14.0 Å². The third-order valence-corrected chi connectivity index (χ3v) is 5.37. The highest BCUT2D eigenvalue weighted by Crippen LogP contribution is 2.39. The van der Waals surface area contributed by atoms with Gasteiger partial charge in [0, 0.05) is 4.47 Å². The van der Waals surface area contributed by atoms with Gasteiger partial charge >= 0.3 is 13.1 Å². The first kappa shape index (κ1) is 17.5. The summed E-state index contributed by atoms with van der Waals surface area (Å²) in [5.41, 5.74) is 1.13. The maximum absolute atomic E-state index is 11.4. The predicted molar refractivity (Wildman–Crippen MR) is 90.2 cm³/mol. The lowest BCUT2D eigenvalue weighted by molar-refractivity contribution is -0.139. The topological polar surface area (TPSA) is 44.8 Å². The fraction of sp³-hybridized carbons (Fsp3) is 0.562. The number of rotatable bonds is 4. The van der Waals surface area contributed by atoms with Crippen molar-refractivity contribution < 1.29 is 18.8 Å². The van der Waals surface area contributed by atoms with E-state index in [0.29, 0.717) is 0 Å². The fourth-order valence-corrected chi connectivity index (χ4v) is 3.06. The largest absolute Gasteiger partial charge is 0.494 e. The van der Waals surface area contributed by atoms with Crippen molar-refractivity contribution in [2.75, 3.05) is 7.11 Å². The van der Waals surface area contributed by atoms with Gasteiger partial charge in [0.2, 0.25) is 0 Å². The first-order chi connectivity index (χ1) is 10.2. The van der Waals surface area contributed by atoms with Crippen LogP contribution in [0.1, 0.15) is 39.7 Å². The Bertz CT molecular complexity index is 575. The molecule has 1 heterocycles. The van der Waals surface area contributed by atoms with Crippen LogP contribution in [-0.2, 0) is 25.3 Å². The maximum atomic E-state index is 11.4. The van der Waals surface area contributed by atoms with Crippen molar-refractivity contribution in [3.8, 4) is 0 Å². The van der Waals surface area contributed by atoms with Crippen LogP contribution in [0.25, 0.3) is 0 Å². The second kappa shape index (κ2) is 6.34. The van der Waals surface area contributed by atoms with Gasteiger partial charge in [-0.2, -0.15) is 0 Å². The maximum Gasteiger partial charge on any atom is 0.494 e. The lowest BCUT2D eigenvalue weighted by Gasteiger charge is -2.35. The first-order valence-electron chi connectivity index (χ1n) is 7.43. The van der Waals surface area contributed by atoms with E-state index >= 15 is 0 Å². The number of hydrogen-bond donors (Lipinski definition) is 0. The van der Waals surface area contributed by atoms with E-state index in [9.17, 15) is 4.79 Å². The zero-order valence-electron chi connectivity index (χ0n) is 13.7. The number of benzene rings is 1. The summed E-state index contributed by atoms with van der Waals surface area (Å²) >= 11 is 3.51. The zero-order valence-corrected chi connectivity index (χ0v) is 15.3. The summed E-state index contributed by atoms with van der Waals surface area (Å²) in [6.45, 7) is 8.28. The summed E-state index contributed by atoms with van der Waals surface area (Å²) < 4.78 is 17.8. The number of esters is 1. The third kappa shape index (κ3) is 3.24. The summed E-state index contributed by atoms with van der Waals surface area (Å²) in [6, 6.07) is 5.78. The minimum Gasteiger partial charge on any atom is -0.469 e. The molecule has 1 aromatic carbocycles. The van der Waals surface area contributed by atoms with Crippen LogP contribution in [0.3, 0.4) is 0 Å². The summed E-state index contributed by atoms with van der Waals surface area (Å²) in [5, 5.41) is 0. The molecule has 4 nitrogen and oxygen atoms in total. The number of methoxy groups -OCH3 is 1. The zero-order chi connectivity index (χ0) is 16.5. The lowest BCUT2D eigenvalue weighted by atomic mass is 9.78. The van der Waals surface area contributed by atoms with Gasteiger partial charge in [0.1, 0.15) is 0 Å². The number of halogens is 1. The average molecular weight is 369 g/mol. The van der Waals surface area contributed by atoms with Gasteiger partial charge in [-0.1, -0.05) is 35.0 Å². The summed E-state index contributed by atoms with van der Waals surface area (Å²) in [5.74, 6) is -0.262. The molecule has 6 heteroatoms. The summed E-state index contributed by atoms with van der Waals surface area (Å²) in [4.78, 5) is 11.4. The summed E-state index contributed by atoms with van der Waals surface area (Å²) in [7, 11) is 0.988. The molecule has 2 rings (SSSR count). The van der Waals surface area contributed by atoms with Crippen molar-refractivity contribution >= 4 is 34.5 Å². The first-order valence-corrected chi connectivity index (χ1v) is 8.22. The lowest BCUT2D eigenvalue weighted by Crippen LogP contribution is -2.44. The van der Waals surface area contributed by atoms with Gasteiger partial charge in [-0.25, -0.2) is 0 Å². The minimum atomic E-state index is -0.400. The molecule has 1 aromatic rings. The second-order valence-corrected chi connectivity index (χ2v) is 7.12. The van der Waals surface area contributed by atoms with Crippen LogP contribution in [-0.4, -0.2) is 31.4 Å². The molecule has 0 spiro atoms. The van der Waals surface area contributed by atoms with Crippen LogP contribution >= 0.6 is 15.9 Å². The quantitative estimate of drug-likeness (QED) is 0.605. The van der Waals surface area contributed by atoms with Gasteiger partial charge in [0.25, 0.3) is 0 Å². The van der Waals surface area contributed by atoms with E-state index in [0.717, 1.165) is 21.9 Å². The van der Waals surface area contributed by atoms with Crippen LogP contribution < -0.4 is 5.46 Å². The van der Waals surface area contributed by atoms with Crippen molar-refractivity contribution in [3.63, 3.8) is 0 Å². The molecule has 0 saturated carbocycles. The molecule has 0 bridgehead atoms. The Morgan fingerprint density at radius 1 is 1.32 bits per heavy atom. The molecule has 1 atom stereocenters. The normalized spacial score (nSPS) is 23.6. The molecule has 22 heavy (non-hydrogen) atoms. The Hall–Kier alpha value is -0.845. The predicted octanol–water partition coefficient (Wildman–Crippen LogP) is 2.85. The minimum absolute atomic E-state index is 0.238. The van der Waals surface area contributed by atoms with E-state index in [1.807, 2.05) is 18.2 Å². The molecule has 1 fully saturated rings. The molecule has 0 N–H and O–H groups in total. The van der Waals surface area contributed by atoms with Crippen LogP contribution in [0.4, 0.5) is 0 Å². The molecule has 0 aliphatic carbocycles. The van der Waals surface area contributed by atoms with Crippen LogP contribution in [0, 0.1) is 0 Å². The van der Waals surface area contributed by atoms with Crippen molar-refractivity contribution in [2.24, 2.45) is 0 Å². The Balaban J connectivity index is 2.21. The molecule has 1 saturated heterocycles. The van der Waals surface area contributed by atoms with Gasteiger partial charge in [0.05, 0.1) is 24.7 Å². The highest BCUT2D eigenvalue weighted by Gasteiger charge is 2.53. The van der Waals surface area contributed by atoms with Crippen molar-refractivity contribution in [2.45, 2.75) is 51.7 Å². The number of carbonyl (C=O) groups excluding carboxylic acids is 1. The molecular weight excluding hydrogens is 347 g/mol. The highest BCUT2D eigenvalue weighted by molar-refractivity contribution is 9.10. The van der Waals surface area contributed by atoms with E-state index < -0.39 is 7.12 Å². The molecule has 1 aliphatic heterocycles. The molecular formula is C16H22BBrO4. The van der Waals surface area contributed by atoms with E-state index in [4.69, 9.17) is 14.0 Å². The monoisotopic (exact) mass is 368 g/mol. The second-order valence-electron chi connectivity index (χ2n) is 6.27. The van der Waals surface area contributed by atoms with Gasteiger partial charge in [-0.3, -0.25) is 4.79 Å². The highest BCUT2D eigenvalue weighted by atomic mass is 79.9. The third-order valence-electron chi connectivity index (χ3n) is 4.63. The molecule has 120 valence electrons. The number of carbonyl (C=O) groups is 1. The fourth-order valence-electron chi connectivity index (χ4n) is 2.52. The molecule has 0 aromatic heterocycles. The van der Waals surface area contributed by atoms with Crippen molar-refractivity contribution in [3.05, 3.63) is 28.2 Å². The molecule has 0 amide bonds. The smallest absolute Gasteiger partial charge is 0.469 e. The van der Waals surface area contributed by atoms with E-state index in [1.165, 1.54) is 7.11 Å². The Morgan fingerprint density at radius 3 is 2.50 bits per heavy atom. The van der Waals surface area contributed by atoms with Crippen molar-refractivity contribution in [1.82, 2.24) is 0 Å².